The summed E-state index contributed by atoms with van der Waals surface area (Å²) in [6, 6.07) is 1.77. The number of carbonyl (C=O) groups is 1. The summed E-state index contributed by atoms with van der Waals surface area (Å²) in [5, 5.41) is 6.62. The second kappa shape index (κ2) is 3.01. The monoisotopic (exact) mass is 173 g/mol. The summed E-state index contributed by atoms with van der Waals surface area (Å²) in [4.78, 5) is 11.6. The van der Waals surface area contributed by atoms with Crippen molar-refractivity contribution in [3.8, 4) is 0 Å². The molecule has 0 spiro atoms. The van der Waals surface area contributed by atoms with Crippen LogP contribution < -0.4 is 0 Å². The number of carbonyl (C=O) groups excluding carboxylic acids is 1. The molecule has 13 heavy (non-hydrogen) atoms. The van der Waals surface area contributed by atoms with Gasteiger partial charge in [0.25, 0.3) is 0 Å². The highest BCUT2D eigenvalue weighted by Gasteiger charge is 2.20. The zero-order chi connectivity index (χ0) is 9.26. The quantitative estimate of drug-likeness (QED) is 0.697. The van der Waals surface area contributed by atoms with Gasteiger partial charge in [-0.3, -0.25) is 9.89 Å². The van der Waals surface area contributed by atoms with E-state index in [0.717, 1.165) is 0 Å². The average Bonchev–Trinajstić information content (AvgIpc) is 2.62. The van der Waals surface area contributed by atoms with Gasteiger partial charge in [-0.2, -0.15) is 5.10 Å². The van der Waals surface area contributed by atoms with Gasteiger partial charge in [0.1, 0.15) is 0 Å². The normalized spacial score (nSPS) is 21.8. The van der Waals surface area contributed by atoms with Crippen molar-refractivity contribution in [2.75, 3.05) is 0 Å². The molecular weight excluding hydrogens is 164 g/mol. The van der Waals surface area contributed by atoms with E-state index in [1.807, 2.05) is 13.0 Å². The number of ketones is 1. The Kier molecular flexibility index (Phi) is 1.85. The van der Waals surface area contributed by atoms with Crippen molar-refractivity contribution < 1.29 is 4.79 Å². The minimum Gasteiger partial charge on any atom is -0.293 e. The van der Waals surface area contributed by atoms with Crippen LogP contribution in [0.3, 0.4) is 0 Å². The van der Waals surface area contributed by atoms with E-state index in [2.05, 4.69) is 16.3 Å². The van der Waals surface area contributed by atoms with E-state index < -0.39 is 0 Å². The predicted octanol–water partition coefficient (Wildman–Crippen LogP) is 1.37. The second-order valence-corrected chi connectivity index (χ2v) is 2.99. The van der Waals surface area contributed by atoms with Gasteiger partial charge < -0.3 is 0 Å². The van der Waals surface area contributed by atoms with Crippen molar-refractivity contribution in [3.63, 3.8) is 0 Å². The lowest BCUT2D eigenvalue weighted by Crippen LogP contribution is -2.13. The third kappa shape index (κ3) is 1.33. The molecule has 1 heterocycles. The molecule has 0 saturated carbocycles. The number of nitrogens with zero attached hydrogens (tertiary/aromatic N) is 1. The molecule has 0 aliphatic heterocycles. The van der Waals surface area contributed by atoms with Crippen LogP contribution in [-0.2, 0) is 4.79 Å². The van der Waals surface area contributed by atoms with Crippen LogP contribution >= 0.6 is 0 Å². The van der Waals surface area contributed by atoms with Crippen LogP contribution in [0.5, 0.6) is 0 Å². The zero-order valence-corrected chi connectivity index (χ0v) is 7.24. The highest BCUT2D eigenvalue weighted by Crippen LogP contribution is 2.20. The Balaban J connectivity index is 2.39. The highest BCUT2D eigenvalue weighted by atomic mass is 16.1. The zero-order valence-electron chi connectivity index (χ0n) is 7.24. The SMILES string of the molecule is CC1C=C[C]=C(c2cc[nH]n2)C1=O. The molecule has 3 nitrogen and oxygen atoms in total. The standard InChI is InChI=1S/C10H9N2O/c1-7-3-2-4-8(10(7)13)9-5-6-11-12-9/h2-3,5-7H,1H3,(H,11,12). The number of hydrogen-bond acceptors (Lipinski definition) is 2. The van der Waals surface area contributed by atoms with Crippen LogP contribution in [0.2, 0.25) is 0 Å². The molecule has 1 aliphatic carbocycles. The Bertz CT molecular complexity index is 374. The molecule has 0 amide bonds. The lowest BCUT2D eigenvalue weighted by Gasteiger charge is -2.10. The van der Waals surface area contributed by atoms with Crippen molar-refractivity contribution >= 4 is 11.4 Å². The summed E-state index contributed by atoms with van der Waals surface area (Å²) in [7, 11) is 0. The molecular formula is C10H9N2O. The van der Waals surface area contributed by atoms with E-state index in [4.69, 9.17) is 0 Å². The number of H-pyrrole nitrogens is 1. The summed E-state index contributed by atoms with van der Waals surface area (Å²) >= 11 is 0. The number of allylic oxidation sites excluding steroid dienone is 4. The lowest BCUT2D eigenvalue weighted by molar-refractivity contribution is -0.115. The van der Waals surface area contributed by atoms with Gasteiger partial charge >= 0.3 is 0 Å². The van der Waals surface area contributed by atoms with Crippen LogP contribution in [0, 0.1) is 12.0 Å². The van der Waals surface area contributed by atoms with E-state index in [-0.39, 0.29) is 11.7 Å². The summed E-state index contributed by atoms with van der Waals surface area (Å²) < 4.78 is 0. The Morgan fingerprint density at radius 2 is 2.46 bits per heavy atom. The predicted molar refractivity (Wildman–Crippen MR) is 48.5 cm³/mol. The molecule has 0 saturated heterocycles. The van der Waals surface area contributed by atoms with Gasteiger partial charge in [0.2, 0.25) is 0 Å². The number of Topliss-reactive ketones (excluding diaryl/α,β-unsaturated/α-hetero) is 1. The number of nitrogens with one attached hydrogen (secondary N) is 1. The maximum atomic E-state index is 11.6. The lowest BCUT2D eigenvalue weighted by atomic mass is 9.92. The van der Waals surface area contributed by atoms with Gasteiger partial charge in [-0.15, -0.1) is 0 Å². The van der Waals surface area contributed by atoms with Crippen molar-refractivity contribution in [2.45, 2.75) is 6.92 Å². The molecule has 1 aliphatic rings. The van der Waals surface area contributed by atoms with Gasteiger partial charge in [0.15, 0.2) is 5.78 Å². The fourth-order valence-electron chi connectivity index (χ4n) is 1.26. The topological polar surface area (TPSA) is 45.8 Å². The fourth-order valence-corrected chi connectivity index (χ4v) is 1.26. The molecule has 2 rings (SSSR count). The van der Waals surface area contributed by atoms with Crippen LogP contribution in [0.15, 0.2) is 24.4 Å². The first-order chi connectivity index (χ1) is 6.29. The van der Waals surface area contributed by atoms with E-state index >= 15 is 0 Å². The van der Waals surface area contributed by atoms with Crippen molar-refractivity contribution in [1.29, 1.82) is 0 Å². The largest absolute Gasteiger partial charge is 0.293 e. The maximum absolute atomic E-state index is 11.6. The molecule has 3 heteroatoms. The maximum Gasteiger partial charge on any atom is 0.172 e. The van der Waals surface area contributed by atoms with Gasteiger partial charge in [-0.05, 0) is 12.1 Å². The molecule has 0 aromatic carbocycles. The molecule has 1 aromatic rings. The van der Waals surface area contributed by atoms with E-state index in [1.54, 1.807) is 18.3 Å². The third-order valence-corrected chi connectivity index (χ3v) is 2.03. The van der Waals surface area contributed by atoms with Crippen LogP contribution in [0.25, 0.3) is 5.57 Å². The number of aromatic amines is 1. The number of aromatic nitrogens is 2. The van der Waals surface area contributed by atoms with Gasteiger partial charge in [0, 0.05) is 12.1 Å². The second-order valence-electron chi connectivity index (χ2n) is 2.99. The van der Waals surface area contributed by atoms with Gasteiger partial charge in [-0.1, -0.05) is 19.1 Å². The first-order valence-corrected chi connectivity index (χ1v) is 4.13. The Morgan fingerprint density at radius 3 is 3.15 bits per heavy atom. The van der Waals surface area contributed by atoms with Crippen LogP contribution in [0.1, 0.15) is 12.6 Å². The molecule has 1 radical (unpaired) electrons. The summed E-state index contributed by atoms with van der Waals surface area (Å²) in [6.45, 7) is 1.87. The molecule has 1 unspecified atom stereocenters. The van der Waals surface area contributed by atoms with E-state index in [0.29, 0.717) is 11.3 Å². The summed E-state index contributed by atoms with van der Waals surface area (Å²) in [5.41, 5.74) is 1.23. The van der Waals surface area contributed by atoms with Gasteiger partial charge in [0.05, 0.1) is 11.3 Å². The van der Waals surface area contributed by atoms with Crippen molar-refractivity contribution in [2.24, 2.45) is 5.92 Å². The number of rotatable bonds is 1. The Morgan fingerprint density at radius 1 is 1.62 bits per heavy atom. The molecule has 0 fully saturated rings. The Labute approximate surface area is 76.2 Å². The summed E-state index contributed by atoms with van der Waals surface area (Å²) in [6.07, 6.45) is 8.21. The average molecular weight is 173 g/mol. The van der Waals surface area contributed by atoms with Gasteiger partial charge in [-0.25, -0.2) is 0 Å². The summed E-state index contributed by atoms with van der Waals surface area (Å²) in [5.74, 6) is 0.0163. The van der Waals surface area contributed by atoms with Crippen molar-refractivity contribution in [1.82, 2.24) is 10.2 Å². The van der Waals surface area contributed by atoms with E-state index in [9.17, 15) is 4.79 Å². The fraction of sp³-hybridized carbons (Fsp3) is 0.200. The minimum absolute atomic E-state index is 0.0621. The molecule has 1 atom stereocenters. The number of hydrogen-bond donors (Lipinski definition) is 1. The highest BCUT2D eigenvalue weighted by molar-refractivity contribution is 6.21. The van der Waals surface area contributed by atoms with Crippen LogP contribution in [0.4, 0.5) is 0 Å². The smallest absolute Gasteiger partial charge is 0.172 e. The van der Waals surface area contributed by atoms with Crippen molar-refractivity contribution in [3.05, 3.63) is 36.2 Å². The molecule has 0 bridgehead atoms. The molecule has 1 aromatic heterocycles. The first kappa shape index (κ1) is 7.98. The van der Waals surface area contributed by atoms with Crippen LogP contribution in [-0.4, -0.2) is 16.0 Å². The Hall–Kier alpha value is -1.64. The first-order valence-electron chi connectivity index (χ1n) is 4.13. The minimum atomic E-state index is -0.0621. The molecule has 65 valence electrons. The van der Waals surface area contributed by atoms with E-state index in [1.165, 1.54) is 0 Å². The molecule has 1 N–H and O–H groups in total. The third-order valence-electron chi connectivity index (χ3n) is 2.03.